The van der Waals surface area contributed by atoms with Crippen LogP contribution in [0, 0.1) is 12.8 Å². The van der Waals surface area contributed by atoms with Gasteiger partial charge in [-0.25, -0.2) is 0 Å². The predicted octanol–water partition coefficient (Wildman–Crippen LogP) is 1.78. The smallest absolute Gasteiger partial charge is 0.270 e. The van der Waals surface area contributed by atoms with Gasteiger partial charge in [0.25, 0.3) is 5.91 Å². The molecule has 2 heterocycles. The first-order chi connectivity index (χ1) is 11.4. The zero-order valence-electron chi connectivity index (χ0n) is 14.6. The molecule has 2 amide bonds. The van der Waals surface area contributed by atoms with Crippen LogP contribution in [0.3, 0.4) is 0 Å². The van der Waals surface area contributed by atoms with Crippen LogP contribution in [-0.4, -0.2) is 58.6 Å². The van der Waals surface area contributed by atoms with Gasteiger partial charge in [-0.05, 0) is 25.3 Å². The highest BCUT2D eigenvalue weighted by Crippen LogP contribution is 2.27. The molecule has 0 unspecified atom stereocenters. The number of nitrogens with zero attached hydrogens (tertiary/aromatic N) is 2. The van der Waals surface area contributed by atoms with Crippen LogP contribution >= 0.6 is 0 Å². The molecule has 0 atom stereocenters. The molecule has 3 rings (SSSR count). The van der Waals surface area contributed by atoms with E-state index in [1.807, 2.05) is 25.7 Å². The maximum atomic E-state index is 12.8. The van der Waals surface area contributed by atoms with Gasteiger partial charge in [0.2, 0.25) is 5.91 Å². The molecule has 1 aliphatic heterocycles. The fraction of sp³-hybridized carbons (Fsp3) is 0.611. The molecule has 1 saturated heterocycles. The first-order valence-electron chi connectivity index (χ1n) is 8.72. The number of carbonyl (C=O) groups excluding carboxylic acids is 3. The van der Waals surface area contributed by atoms with E-state index in [4.69, 9.17) is 0 Å². The summed E-state index contributed by atoms with van der Waals surface area (Å²) in [5.41, 5.74) is 2.94. The summed E-state index contributed by atoms with van der Waals surface area (Å²) in [5.74, 6) is 0.192. The van der Waals surface area contributed by atoms with Crippen LogP contribution in [0.5, 0.6) is 0 Å². The van der Waals surface area contributed by atoms with Crippen molar-refractivity contribution in [2.24, 2.45) is 5.92 Å². The van der Waals surface area contributed by atoms with Crippen LogP contribution in [0.4, 0.5) is 0 Å². The number of H-pyrrole nitrogens is 1. The number of amides is 2. The van der Waals surface area contributed by atoms with Gasteiger partial charge in [-0.2, -0.15) is 0 Å². The second-order valence-corrected chi connectivity index (χ2v) is 7.03. The van der Waals surface area contributed by atoms with Crippen molar-refractivity contribution in [1.29, 1.82) is 0 Å². The van der Waals surface area contributed by atoms with E-state index in [2.05, 4.69) is 4.98 Å². The van der Waals surface area contributed by atoms with E-state index < -0.39 is 0 Å². The molecule has 6 nitrogen and oxygen atoms in total. The first kappa shape index (κ1) is 16.7. The summed E-state index contributed by atoms with van der Waals surface area (Å²) in [5, 5.41) is 0. The van der Waals surface area contributed by atoms with E-state index in [1.165, 1.54) is 0 Å². The Labute approximate surface area is 142 Å². The zero-order chi connectivity index (χ0) is 17.4. The Bertz CT molecular complexity index is 682. The second kappa shape index (κ2) is 6.42. The van der Waals surface area contributed by atoms with Crippen LogP contribution in [0.1, 0.15) is 58.8 Å². The number of Topliss-reactive ketones (excluding diaryl/α,β-unsaturated/α-hetero) is 1. The largest absolute Gasteiger partial charge is 0.354 e. The third-order valence-electron chi connectivity index (χ3n) is 5.02. The fourth-order valence-corrected chi connectivity index (χ4v) is 3.64. The van der Waals surface area contributed by atoms with E-state index >= 15 is 0 Å². The summed E-state index contributed by atoms with van der Waals surface area (Å²) < 4.78 is 0. The topological polar surface area (TPSA) is 73.5 Å². The van der Waals surface area contributed by atoms with Crippen LogP contribution < -0.4 is 0 Å². The third-order valence-corrected chi connectivity index (χ3v) is 5.02. The fourth-order valence-electron chi connectivity index (χ4n) is 3.64. The average molecular weight is 331 g/mol. The lowest BCUT2D eigenvalue weighted by Crippen LogP contribution is -2.51. The summed E-state index contributed by atoms with van der Waals surface area (Å²) >= 11 is 0. The molecule has 130 valence electrons. The van der Waals surface area contributed by atoms with Crippen molar-refractivity contribution in [1.82, 2.24) is 14.8 Å². The average Bonchev–Trinajstić information content (AvgIpc) is 2.91. The Morgan fingerprint density at radius 1 is 1.04 bits per heavy atom. The molecular formula is C18H25N3O3. The number of fused-ring (bicyclic) bond motifs is 1. The van der Waals surface area contributed by atoms with Crippen LogP contribution in [-0.2, 0) is 11.2 Å². The summed E-state index contributed by atoms with van der Waals surface area (Å²) in [6, 6.07) is 0. The van der Waals surface area contributed by atoms with Gasteiger partial charge in [0.05, 0.1) is 0 Å². The van der Waals surface area contributed by atoms with Crippen LogP contribution in [0.15, 0.2) is 0 Å². The standard InChI is InChI=1S/C18H25N3O3/c1-11(2)17(23)20-7-9-21(10-8-20)18(24)16-12(3)15-13(19-16)5-4-6-14(15)22/h11,19H,4-10H2,1-3H3. The molecule has 0 saturated carbocycles. The summed E-state index contributed by atoms with van der Waals surface area (Å²) in [7, 11) is 0. The minimum atomic E-state index is -0.0636. The molecule has 0 aromatic carbocycles. The number of rotatable bonds is 2. The van der Waals surface area contributed by atoms with Gasteiger partial charge < -0.3 is 14.8 Å². The van der Waals surface area contributed by atoms with Crippen molar-refractivity contribution in [2.45, 2.75) is 40.0 Å². The van der Waals surface area contributed by atoms with E-state index in [0.717, 1.165) is 29.7 Å². The molecule has 0 spiro atoms. The molecule has 1 aromatic heterocycles. The Kier molecular flexibility index (Phi) is 4.47. The van der Waals surface area contributed by atoms with Gasteiger partial charge in [-0.3, -0.25) is 14.4 Å². The van der Waals surface area contributed by atoms with Crippen molar-refractivity contribution in [2.75, 3.05) is 26.2 Å². The molecule has 1 N–H and O–H groups in total. The number of nitrogens with one attached hydrogen (secondary N) is 1. The van der Waals surface area contributed by atoms with E-state index in [-0.39, 0.29) is 23.5 Å². The molecule has 1 aromatic rings. The van der Waals surface area contributed by atoms with Gasteiger partial charge in [0.15, 0.2) is 5.78 Å². The summed E-state index contributed by atoms with van der Waals surface area (Å²) in [6.07, 6.45) is 2.23. The Morgan fingerprint density at radius 3 is 2.25 bits per heavy atom. The molecular weight excluding hydrogens is 306 g/mol. The first-order valence-corrected chi connectivity index (χ1v) is 8.72. The SMILES string of the molecule is Cc1c(C(=O)N2CCN(C(=O)C(C)C)CC2)[nH]c2c1C(=O)CCC2. The predicted molar refractivity (Wildman–Crippen MR) is 90.1 cm³/mol. The van der Waals surface area contributed by atoms with Crippen molar-refractivity contribution in [3.05, 3.63) is 22.5 Å². The number of aromatic nitrogens is 1. The summed E-state index contributed by atoms with van der Waals surface area (Å²) in [4.78, 5) is 43.8. The van der Waals surface area contributed by atoms with Crippen molar-refractivity contribution in [3.8, 4) is 0 Å². The number of hydrogen-bond donors (Lipinski definition) is 1. The van der Waals surface area contributed by atoms with E-state index in [0.29, 0.717) is 38.3 Å². The lowest BCUT2D eigenvalue weighted by Gasteiger charge is -2.35. The Hall–Kier alpha value is -2.11. The number of hydrogen-bond acceptors (Lipinski definition) is 3. The number of carbonyl (C=O) groups is 3. The molecule has 1 aliphatic carbocycles. The number of aryl methyl sites for hydroxylation is 1. The van der Waals surface area contributed by atoms with Gasteiger partial charge in [0, 0.05) is 49.8 Å². The third kappa shape index (κ3) is 2.85. The monoisotopic (exact) mass is 331 g/mol. The number of ketones is 1. The van der Waals surface area contributed by atoms with E-state index in [9.17, 15) is 14.4 Å². The van der Waals surface area contributed by atoms with Gasteiger partial charge in [-0.1, -0.05) is 13.8 Å². The lowest BCUT2D eigenvalue weighted by atomic mass is 9.93. The molecule has 0 bridgehead atoms. The molecule has 2 aliphatic rings. The van der Waals surface area contributed by atoms with E-state index in [1.54, 1.807) is 4.90 Å². The highest BCUT2D eigenvalue weighted by atomic mass is 16.2. The molecule has 0 radical (unpaired) electrons. The van der Waals surface area contributed by atoms with Crippen molar-refractivity contribution in [3.63, 3.8) is 0 Å². The van der Waals surface area contributed by atoms with Gasteiger partial charge in [0.1, 0.15) is 5.69 Å². The lowest BCUT2D eigenvalue weighted by molar-refractivity contribution is -0.135. The second-order valence-electron chi connectivity index (χ2n) is 7.03. The Morgan fingerprint density at radius 2 is 1.67 bits per heavy atom. The quantitative estimate of drug-likeness (QED) is 0.898. The van der Waals surface area contributed by atoms with Gasteiger partial charge in [-0.15, -0.1) is 0 Å². The number of aromatic amines is 1. The maximum absolute atomic E-state index is 12.8. The molecule has 6 heteroatoms. The highest BCUT2D eigenvalue weighted by molar-refractivity contribution is 6.04. The van der Waals surface area contributed by atoms with Gasteiger partial charge >= 0.3 is 0 Å². The molecule has 1 fully saturated rings. The molecule has 24 heavy (non-hydrogen) atoms. The highest BCUT2D eigenvalue weighted by Gasteiger charge is 2.30. The Balaban J connectivity index is 1.73. The number of piperazine rings is 1. The van der Waals surface area contributed by atoms with Crippen molar-refractivity contribution < 1.29 is 14.4 Å². The minimum Gasteiger partial charge on any atom is -0.354 e. The van der Waals surface area contributed by atoms with Crippen LogP contribution in [0.25, 0.3) is 0 Å². The summed E-state index contributed by atoms with van der Waals surface area (Å²) in [6.45, 7) is 7.85. The normalized spacial score (nSPS) is 18.1. The van der Waals surface area contributed by atoms with Crippen molar-refractivity contribution >= 4 is 17.6 Å². The maximum Gasteiger partial charge on any atom is 0.270 e. The minimum absolute atomic E-state index is 0.0179. The zero-order valence-corrected chi connectivity index (χ0v) is 14.6. The van der Waals surface area contributed by atoms with Crippen LogP contribution in [0.2, 0.25) is 0 Å².